The average Bonchev–Trinajstić information content (AvgIpc) is 3.02. The van der Waals surface area contributed by atoms with Gasteiger partial charge in [0.1, 0.15) is 10.8 Å². The molecule has 1 N–H and O–H groups in total. The van der Waals surface area contributed by atoms with Gasteiger partial charge in [0.2, 0.25) is 0 Å². The second-order valence-corrected chi connectivity index (χ2v) is 7.26. The van der Waals surface area contributed by atoms with Crippen LogP contribution >= 0.6 is 11.3 Å². The molecule has 2 aromatic rings. The van der Waals surface area contributed by atoms with Crippen LogP contribution in [0, 0.1) is 6.92 Å². The van der Waals surface area contributed by atoms with Crippen LogP contribution in [0.1, 0.15) is 41.6 Å². The van der Waals surface area contributed by atoms with Crippen molar-refractivity contribution in [2.24, 2.45) is 0 Å². The third kappa shape index (κ3) is 6.05. The van der Waals surface area contributed by atoms with Crippen LogP contribution in [-0.4, -0.2) is 37.2 Å². The predicted molar refractivity (Wildman–Crippen MR) is 111 cm³/mol. The Morgan fingerprint density at radius 3 is 2.41 bits per heavy atom. The van der Waals surface area contributed by atoms with Crippen molar-refractivity contribution in [1.29, 1.82) is 0 Å². The lowest BCUT2D eigenvalue weighted by Gasteiger charge is -2.14. The van der Waals surface area contributed by atoms with Gasteiger partial charge in [-0.05, 0) is 44.9 Å². The van der Waals surface area contributed by atoms with E-state index in [0.29, 0.717) is 16.3 Å². The van der Waals surface area contributed by atoms with E-state index in [1.807, 2.05) is 19.9 Å². The molecule has 29 heavy (non-hydrogen) atoms. The summed E-state index contributed by atoms with van der Waals surface area (Å²) in [7, 11) is 0. The topological polar surface area (TPSA) is 90.9 Å². The molecule has 0 saturated heterocycles. The van der Waals surface area contributed by atoms with Gasteiger partial charge >= 0.3 is 11.9 Å². The molecular weight excluding hydrogens is 394 g/mol. The van der Waals surface area contributed by atoms with Gasteiger partial charge in [0, 0.05) is 4.88 Å². The fraction of sp³-hybridized carbons (Fsp3) is 0.381. The highest BCUT2D eigenvalue weighted by Crippen LogP contribution is 2.34. The molecule has 0 saturated carbocycles. The summed E-state index contributed by atoms with van der Waals surface area (Å²) in [6, 6.07) is 8.85. The van der Waals surface area contributed by atoms with Crippen LogP contribution < -0.4 is 10.1 Å². The molecule has 1 atom stereocenters. The maximum absolute atomic E-state index is 12.3. The molecule has 0 radical (unpaired) electrons. The maximum Gasteiger partial charge on any atom is 0.347 e. The molecule has 0 bridgehead atoms. The molecule has 1 heterocycles. The largest absolute Gasteiger partial charge is 0.479 e. The SMILES string of the molecule is CCOC(=O)c1c(NC(=O)COC(=O)C(C)Oc2ccccc2)sc(CC)c1C. The molecular formula is C21H25NO6S. The Labute approximate surface area is 174 Å². The Morgan fingerprint density at radius 1 is 1.10 bits per heavy atom. The van der Waals surface area contributed by atoms with Gasteiger partial charge in [-0.3, -0.25) is 4.79 Å². The summed E-state index contributed by atoms with van der Waals surface area (Å²) in [6.07, 6.45) is -0.141. The van der Waals surface area contributed by atoms with E-state index in [1.165, 1.54) is 11.3 Å². The average molecular weight is 419 g/mol. The van der Waals surface area contributed by atoms with Crippen LogP contribution in [0.2, 0.25) is 0 Å². The number of anilines is 1. The fourth-order valence-corrected chi connectivity index (χ4v) is 3.75. The minimum Gasteiger partial charge on any atom is -0.479 e. The molecule has 156 valence electrons. The zero-order valence-electron chi connectivity index (χ0n) is 16.9. The minimum atomic E-state index is -0.865. The van der Waals surface area contributed by atoms with E-state index in [0.717, 1.165) is 16.9 Å². The number of hydrogen-bond acceptors (Lipinski definition) is 7. The number of esters is 2. The summed E-state index contributed by atoms with van der Waals surface area (Å²) in [5, 5.41) is 3.05. The van der Waals surface area contributed by atoms with E-state index in [9.17, 15) is 14.4 Å². The van der Waals surface area contributed by atoms with Crippen molar-refractivity contribution in [2.45, 2.75) is 40.2 Å². The second kappa shape index (κ2) is 10.6. The van der Waals surface area contributed by atoms with Gasteiger partial charge in [-0.15, -0.1) is 11.3 Å². The molecule has 0 aliphatic carbocycles. The number of carbonyl (C=O) groups excluding carboxylic acids is 3. The van der Waals surface area contributed by atoms with Gasteiger partial charge in [0.25, 0.3) is 5.91 Å². The number of para-hydroxylation sites is 1. The number of ether oxygens (including phenoxy) is 3. The van der Waals surface area contributed by atoms with Gasteiger partial charge < -0.3 is 19.5 Å². The monoisotopic (exact) mass is 419 g/mol. The zero-order chi connectivity index (χ0) is 21.4. The summed E-state index contributed by atoms with van der Waals surface area (Å²) in [5.41, 5.74) is 1.13. The molecule has 1 unspecified atom stereocenters. The number of benzene rings is 1. The quantitative estimate of drug-likeness (QED) is 0.623. The summed E-state index contributed by atoms with van der Waals surface area (Å²) >= 11 is 1.31. The summed E-state index contributed by atoms with van der Waals surface area (Å²) < 4.78 is 15.6. The maximum atomic E-state index is 12.3. The predicted octanol–water partition coefficient (Wildman–Crippen LogP) is 3.74. The van der Waals surface area contributed by atoms with E-state index in [-0.39, 0.29) is 6.61 Å². The lowest BCUT2D eigenvalue weighted by molar-refractivity contribution is -0.153. The number of nitrogens with one attached hydrogen (secondary N) is 1. The minimum absolute atomic E-state index is 0.236. The van der Waals surface area contributed by atoms with E-state index < -0.39 is 30.6 Å². The van der Waals surface area contributed by atoms with Crippen molar-refractivity contribution in [2.75, 3.05) is 18.5 Å². The number of carbonyl (C=O) groups is 3. The molecule has 0 spiro atoms. The fourth-order valence-electron chi connectivity index (χ4n) is 2.60. The molecule has 2 rings (SSSR count). The Morgan fingerprint density at radius 2 is 1.79 bits per heavy atom. The highest BCUT2D eigenvalue weighted by atomic mass is 32.1. The Balaban J connectivity index is 1.96. The first-order chi connectivity index (χ1) is 13.9. The van der Waals surface area contributed by atoms with Crippen molar-refractivity contribution < 1.29 is 28.6 Å². The van der Waals surface area contributed by atoms with Crippen LogP contribution in [0.5, 0.6) is 5.75 Å². The van der Waals surface area contributed by atoms with Gasteiger partial charge in [0.05, 0.1) is 12.2 Å². The summed E-state index contributed by atoms with van der Waals surface area (Å²) in [6.45, 7) is 6.80. The van der Waals surface area contributed by atoms with Crippen molar-refractivity contribution in [3.63, 3.8) is 0 Å². The number of aryl methyl sites for hydroxylation is 1. The van der Waals surface area contributed by atoms with Crippen LogP contribution in [-0.2, 0) is 25.5 Å². The molecule has 0 aliphatic rings. The van der Waals surface area contributed by atoms with Gasteiger partial charge in [-0.25, -0.2) is 9.59 Å². The lowest BCUT2D eigenvalue weighted by atomic mass is 10.1. The van der Waals surface area contributed by atoms with E-state index in [4.69, 9.17) is 14.2 Å². The van der Waals surface area contributed by atoms with Crippen LogP contribution in [0.4, 0.5) is 5.00 Å². The first-order valence-corrected chi connectivity index (χ1v) is 10.2. The third-order valence-electron chi connectivity index (χ3n) is 4.03. The Kier molecular flexibility index (Phi) is 8.21. The third-order valence-corrected chi connectivity index (χ3v) is 5.38. The number of thiophene rings is 1. The summed E-state index contributed by atoms with van der Waals surface area (Å²) in [4.78, 5) is 37.6. The second-order valence-electron chi connectivity index (χ2n) is 6.16. The van der Waals surface area contributed by atoms with Gasteiger partial charge in [-0.1, -0.05) is 25.1 Å². The van der Waals surface area contributed by atoms with Crippen LogP contribution in [0.3, 0.4) is 0 Å². The smallest absolute Gasteiger partial charge is 0.347 e. The highest BCUT2D eigenvalue weighted by Gasteiger charge is 2.24. The van der Waals surface area contributed by atoms with Crippen LogP contribution in [0.15, 0.2) is 30.3 Å². The van der Waals surface area contributed by atoms with Crippen molar-refractivity contribution in [3.05, 3.63) is 46.3 Å². The first-order valence-electron chi connectivity index (χ1n) is 9.34. The van der Waals surface area contributed by atoms with Crippen molar-refractivity contribution in [3.8, 4) is 5.75 Å². The standard InChI is InChI=1S/C21H25NO6S/c1-5-16-13(3)18(21(25)26-6-2)19(29-16)22-17(23)12-27-20(24)14(4)28-15-10-8-7-9-11-15/h7-11,14H,5-6,12H2,1-4H3,(H,22,23). The van der Waals surface area contributed by atoms with Gasteiger partial charge in [0.15, 0.2) is 12.7 Å². The molecule has 1 aromatic carbocycles. The van der Waals surface area contributed by atoms with E-state index >= 15 is 0 Å². The normalized spacial score (nSPS) is 11.4. The van der Waals surface area contributed by atoms with Crippen molar-refractivity contribution in [1.82, 2.24) is 0 Å². The van der Waals surface area contributed by atoms with E-state index in [2.05, 4.69) is 5.32 Å². The van der Waals surface area contributed by atoms with Crippen LogP contribution in [0.25, 0.3) is 0 Å². The molecule has 7 nitrogen and oxygen atoms in total. The number of amides is 1. The first kappa shape index (κ1) is 22.4. The molecule has 0 aliphatic heterocycles. The lowest BCUT2D eigenvalue weighted by Crippen LogP contribution is -2.29. The molecule has 1 aromatic heterocycles. The zero-order valence-corrected chi connectivity index (χ0v) is 17.8. The molecule has 1 amide bonds. The highest BCUT2D eigenvalue weighted by molar-refractivity contribution is 7.17. The Hall–Kier alpha value is -2.87. The van der Waals surface area contributed by atoms with Crippen molar-refractivity contribution >= 4 is 34.2 Å². The number of rotatable bonds is 9. The molecule has 8 heteroatoms. The Bertz CT molecular complexity index is 862. The number of hydrogen-bond donors (Lipinski definition) is 1. The summed E-state index contributed by atoms with van der Waals surface area (Å²) in [5.74, 6) is -1.16. The molecule has 0 fully saturated rings. The van der Waals surface area contributed by atoms with Gasteiger partial charge in [-0.2, -0.15) is 0 Å². The van der Waals surface area contributed by atoms with E-state index in [1.54, 1.807) is 38.1 Å².